The van der Waals surface area contributed by atoms with Crippen molar-refractivity contribution in [2.75, 3.05) is 0 Å². The van der Waals surface area contributed by atoms with Crippen molar-refractivity contribution in [2.24, 2.45) is 0 Å². The van der Waals surface area contributed by atoms with Crippen LogP contribution >= 0.6 is 0 Å². The standard InChI is InChI=1S/C15H19N3O3/c1-2-5-12(15(20)21)17-14(19)8-9-18-10-16-11-6-3-4-7-13(11)18/h3-4,6-7,10,12H,2,5,8-9H2,1H3,(H,17,19)(H,20,21)/t12-/m1/s1. The van der Waals surface area contributed by atoms with Crippen molar-refractivity contribution >= 4 is 22.9 Å². The van der Waals surface area contributed by atoms with Crippen LogP contribution < -0.4 is 5.32 Å². The van der Waals surface area contributed by atoms with E-state index in [9.17, 15) is 9.59 Å². The van der Waals surface area contributed by atoms with E-state index in [-0.39, 0.29) is 12.3 Å². The molecule has 6 nitrogen and oxygen atoms in total. The molecule has 6 heteroatoms. The maximum atomic E-state index is 11.9. The van der Waals surface area contributed by atoms with Crippen LogP contribution in [0.15, 0.2) is 30.6 Å². The van der Waals surface area contributed by atoms with Gasteiger partial charge in [-0.25, -0.2) is 9.78 Å². The molecule has 2 aromatic rings. The average molecular weight is 289 g/mol. The second-order valence-electron chi connectivity index (χ2n) is 4.92. The minimum atomic E-state index is -0.988. The number of aryl methyl sites for hydroxylation is 1. The molecular formula is C15H19N3O3. The van der Waals surface area contributed by atoms with Crippen LogP contribution in [0, 0.1) is 0 Å². The fraction of sp³-hybridized carbons (Fsp3) is 0.400. The van der Waals surface area contributed by atoms with Crippen LogP contribution in [0.5, 0.6) is 0 Å². The molecule has 21 heavy (non-hydrogen) atoms. The van der Waals surface area contributed by atoms with Crippen LogP contribution in [-0.2, 0) is 16.1 Å². The highest BCUT2D eigenvalue weighted by molar-refractivity contribution is 5.83. The van der Waals surface area contributed by atoms with Crippen molar-refractivity contribution in [2.45, 2.75) is 38.8 Å². The number of aromatic nitrogens is 2. The Labute approximate surface area is 122 Å². The maximum absolute atomic E-state index is 11.9. The first-order valence-corrected chi connectivity index (χ1v) is 7.04. The Bertz CT molecular complexity index is 636. The lowest BCUT2D eigenvalue weighted by molar-refractivity contribution is -0.142. The molecule has 0 fully saturated rings. The van der Waals surface area contributed by atoms with Gasteiger partial charge in [0.15, 0.2) is 0 Å². The number of hydrogen-bond donors (Lipinski definition) is 2. The van der Waals surface area contributed by atoms with Crippen molar-refractivity contribution in [3.8, 4) is 0 Å². The van der Waals surface area contributed by atoms with E-state index in [0.29, 0.717) is 19.4 Å². The fourth-order valence-corrected chi connectivity index (χ4v) is 2.22. The molecule has 0 aliphatic carbocycles. The number of fused-ring (bicyclic) bond motifs is 1. The molecule has 0 aliphatic heterocycles. The lowest BCUT2D eigenvalue weighted by Gasteiger charge is -2.13. The number of nitrogens with one attached hydrogen (secondary N) is 1. The number of amides is 1. The van der Waals surface area contributed by atoms with Gasteiger partial charge < -0.3 is 15.0 Å². The zero-order chi connectivity index (χ0) is 15.2. The molecule has 1 aromatic carbocycles. The van der Waals surface area contributed by atoms with Gasteiger partial charge in [0.2, 0.25) is 5.91 Å². The summed E-state index contributed by atoms with van der Waals surface area (Å²) in [4.78, 5) is 27.1. The number of nitrogens with zero attached hydrogens (tertiary/aromatic N) is 2. The van der Waals surface area contributed by atoms with Gasteiger partial charge in [-0.3, -0.25) is 4.79 Å². The Hall–Kier alpha value is -2.37. The van der Waals surface area contributed by atoms with E-state index in [0.717, 1.165) is 11.0 Å². The van der Waals surface area contributed by atoms with Crippen LogP contribution in [0.25, 0.3) is 11.0 Å². The summed E-state index contributed by atoms with van der Waals surface area (Å²) in [7, 11) is 0. The number of carboxylic acid groups (broad SMARTS) is 1. The topological polar surface area (TPSA) is 84.2 Å². The molecule has 0 saturated heterocycles. The van der Waals surface area contributed by atoms with Gasteiger partial charge in [-0.05, 0) is 18.6 Å². The second-order valence-corrected chi connectivity index (χ2v) is 4.92. The normalized spacial score (nSPS) is 12.2. The molecule has 0 spiro atoms. The molecule has 1 heterocycles. The second kappa shape index (κ2) is 6.88. The summed E-state index contributed by atoms with van der Waals surface area (Å²) < 4.78 is 1.89. The van der Waals surface area contributed by atoms with Gasteiger partial charge in [0.25, 0.3) is 0 Å². The molecule has 1 aromatic heterocycles. The van der Waals surface area contributed by atoms with Crippen LogP contribution in [0.2, 0.25) is 0 Å². The van der Waals surface area contributed by atoms with Crippen molar-refractivity contribution in [1.82, 2.24) is 14.9 Å². The van der Waals surface area contributed by atoms with Gasteiger partial charge in [-0.15, -0.1) is 0 Å². The molecule has 2 rings (SSSR count). The van der Waals surface area contributed by atoms with E-state index >= 15 is 0 Å². The van der Waals surface area contributed by atoms with Crippen LogP contribution in [-0.4, -0.2) is 32.6 Å². The third kappa shape index (κ3) is 3.81. The first kappa shape index (κ1) is 15.0. The van der Waals surface area contributed by atoms with Crippen molar-refractivity contribution < 1.29 is 14.7 Å². The van der Waals surface area contributed by atoms with E-state index in [1.165, 1.54) is 0 Å². The van der Waals surface area contributed by atoms with Gasteiger partial charge in [0.05, 0.1) is 17.4 Å². The van der Waals surface area contributed by atoms with Crippen LogP contribution in [0.1, 0.15) is 26.2 Å². The zero-order valence-corrected chi connectivity index (χ0v) is 12.0. The Morgan fingerprint density at radius 3 is 2.86 bits per heavy atom. The highest BCUT2D eigenvalue weighted by Crippen LogP contribution is 2.12. The van der Waals surface area contributed by atoms with Crippen LogP contribution in [0.3, 0.4) is 0 Å². The Kier molecular flexibility index (Phi) is 4.92. The summed E-state index contributed by atoms with van der Waals surface area (Å²) in [5.74, 6) is -1.24. The quantitative estimate of drug-likeness (QED) is 0.814. The summed E-state index contributed by atoms with van der Waals surface area (Å²) in [5, 5.41) is 11.6. The Morgan fingerprint density at radius 2 is 2.14 bits per heavy atom. The van der Waals surface area contributed by atoms with Gasteiger partial charge in [-0.2, -0.15) is 0 Å². The minimum Gasteiger partial charge on any atom is -0.480 e. The molecule has 2 N–H and O–H groups in total. The van der Waals surface area contributed by atoms with Gasteiger partial charge in [0, 0.05) is 13.0 Å². The number of imidazole rings is 1. The molecular weight excluding hydrogens is 270 g/mol. The summed E-state index contributed by atoms with van der Waals surface area (Å²) in [5.41, 5.74) is 1.85. The molecule has 1 atom stereocenters. The number of hydrogen-bond acceptors (Lipinski definition) is 3. The zero-order valence-electron chi connectivity index (χ0n) is 12.0. The molecule has 0 radical (unpaired) electrons. The van der Waals surface area contributed by atoms with E-state index in [2.05, 4.69) is 10.3 Å². The fourth-order valence-electron chi connectivity index (χ4n) is 2.22. The number of carboxylic acids is 1. The van der Waals surface area contributed by atoms with E-state index in [4.69, 9.17) is 5.11 Å². The predicted octanol–water partition coefficient (Wildman–Crippen LogP) is 1.80. The molecule has 1 amide bonds. The SMILES string of the molecule is CCC[C@@H](NC(=O)CCn1cnc2ccccc21)C(=O)O. The Balaban J connectivity index is 1.93. The number of carbonyl (C=O) groups excluding carboxylic acids is 1. The Morgan fingerprint density at radius 1 is 1.38 bits per heavy atom. The molecule has 0 bridgehead atoms. The molecule has 0 aliphatic rings. The number of benzene rings is 1. The van der Waals surface area contributed by atoms with Crippen molar-refractivity contribution in [3.63, 3.8) is 0 Å². The lowest BCUT2D eigenvalue weighted by Crippen LogP contribution is -2.40. The minimum absolute atomic E-state index is 0.230. The molecule has 0 saturated carbocycles. The van der Waals surface area contributed by atoms with E-state index < -0.39 is 12.0 Å². The molecule has 0 unspecified atom stereocenters. The monoisotopic (exact) mass is 289 g/mol. The largest absolute Gasteiger partial charge is 0.480 e. The smallest absolute Gasteiger partial charge is 0.326 e. The summed E-state index contributed by atoms with van der Waals surface area (Å²) >= 11 is 0. The summed E-state index contributed by atoms with van der Waals surface area (Å²) in [6.07, 6.45) is 3.07. The number of para-hydroxylation sites is 2. The average Bonchev–Trinajstić information content (AvgIpc) is 2.88. The van der Waals surface area contributed by atoms with Crippen molar-refractivity contribution in [3.05, 3.63) is 30.6 Å². The van der Waals surface area contributed by atoms with Gasteiger partial charge in [0.1, 0.15) is 6.04 Å². The van der Waals surface area contributed by atoms with Crippen LogP contribution in [0.4, 0.5) is 0 Å². The van der Waals surface area contributed by atoms with Crippen molar-refractivity contribution in [1.29, 1.82) is 0 Å². The number of aliphatic carboxylic acids is 1. The lowest BCUT2D eigenvalue weighted by atomic mass is 10.1. The highest BCUT2D eigenvalue weighted by Gasteiger charge is 2.18. The highest BCUT2D eigenvalue weighted by atomic mass is 16.4. The van der Waals surface area contributed by atoms with Gasteiger partial charge in [-0.1, -0.05) is 25.5 Å². The summed E-state index contributed by atoms with van der Waals surface area (Å²) in [6, 6.07) is 6.88. The predicted molar refractivity (Wildman–Crippen MR) is 78.8 cm³/mol. The molecule has 112 valence electrons. The first-order chi connectivity index (χ1) is 10.1. The van der Waals surface area contributed by atoms with E-state index in [1.54, 1.807) is 6.33 Å². The summed E-state index contributed by atoms with van der Waals surface area (Å²) in [6.45, 7) is 2.37. The maximum Gasteiger partial charge on any atom is 0.326 e. The first-order valence-electron chi connectivity index (χ1n) is 7.04. The third-order valence-electron chi connectivity index (χ3n) is 3.32. The number of rotatable bonds is 7. The number of carbonyl (C=O) groups is 2. The van der Waals surface area contributed by atoms with E-state index in [1.807, 2.05) is 35.8 Å². The third-order valence-corrected chi connectivity index (χ3v) is 3.32. The van der Waals surface area contributed by atoms with Gasteiger partial charge >= 0.3 is 5.97 Å².